The predicted octanol–water partition coefficient (Wildman–Crippen LogP) is 2.63. The van der Waals surface area contributed by atoms with Crippen LogP contribution in [0.1, 0.15) is 12.5 Å². The Hall–Kier alpha value is -1.43. The average molecular weight is 288 g/mol. The number of rotatable bonds is 4. The summed E-state index contributed by atoms with van der Waals surface area (Å²) in [4.78, 5) is 21.0. The summed E-state index contributed by atoms with van der Waals surface area (Å²) in [5, 5.41) is 10.8. The number of hydrogen-bond donors (Lipinski definition) is 0. The molecule has 1 aromatic rings. The van der Waals surface area contributed by atoms with Gasteiger partial charge in [0.15, 0.2) is 5.78 Å². The number of nitro groups is 1. The van der Waals surface area contributed by atoms with Gasteiger partial charge in [0.25, 0.3) is 0 Å². The fraction of sp³-hybridized carbons (Fsp3) is 0.300. The van der Waals surface area contributed by atoms with Gasteiger partial charge in [-0.2, -0.15) is 0 Å². The first-order valence-corrected chi connectivity index (χ1v) is 5.28. The van der Waals surface area contributed by atoms with Gasteiger partial charge in [0, 0.05) is 10.5 Å². The van der Waals surface area contributed by atoms with Gasteiger partial charge in [-0.15, -0.1) is 0 Å². The summed E-state index contributed by atoms with van der Waals surface area (Å²) >= 11 is 3.17. The van der Waals surface area contributed by atoms with E-state index in [0.717, 1.165) is 0 Å². The maximum absolute atomic E-state index is 10.8. The molecule has 0 aliphatic carbocycles. The predicted molar refractivity (Wildman–Crippen MR) is 61.7 cm³/mol. The Morgan fingerprint density at radius 3 is 2.69 bits per heavy atom. The van der Waals surface area contributed by atoms with Gasteiger partial charge in [0.1, 0.15) is 6.61 Å². The molecule has 0 aromatic heterocycles. The standard InChI is InChI=1S/C10H10BrNO4/c1-6-3-8(11)4-9(12(14)15)10(6)16-5-7(2)13/h3-4H,5H2,1-2H3. The minimum Gasteiger partial charge on any atom is -0.479 e. The van der Waals surface area contributed by atoms with Gasteiger partial charge in [-0.05, 0) is 25.5 Å². The number of hydrogen-bond acceptors (Lipinski definition) is 4. The molecule has 86 valence electrons. The van der Waals surface area contributed by atoms with E-state index in [1.54, 1.807) is 13.0 Å². The number of ether oxygens (including phenoxy) is 1. The number of nitro benzene ring substituents is 1. The zero-order valence-corrected chi connectivity index (χ0v) is 10.4. The lowest BCUT2D eigenvalue weighted by Gasteiger charge is -2.08. The van der Waals surface area contributed by atoms with E-state index in [1.807, 2.05) is 0 Å². The zero-order chi connectivity index (χ0) is 12.3. The summed E-state index contributed by atoms with van der Waals surface area (Å²) in [6.07, 6.45) is 0. The van der Waals surface area contributed by atoms with Crippen LogP contribution >= 0.6 is 15.9 Å². The van der Waals surface area contributed by atoms with Crippen LogP contribution in [0.5, 0.6) is 5.75 Å². The lowest BCUT2D eigenvalue weighted by Crippen LogP contribution is -2.09. The Labute approximate surface area is 101 Å². The highest BCUT2D eigenvalue weighted by molar-refractivity contribution is 9.10. The summed E-state index contributed by atoms with van der Waals surface area (Å²) in [5.41, 5.74) is 0.468. The minimum atomic E-state index is -0.534. The lowest BCUT2D eigenvalue weighted by molar-refractivity contribution is -0.385. The molecular weight excluding hydrogens is 278 g/mol. The van der Waals surface area contributed by atoms with Gasteiger partial charge in [-0.25, -0.2) is 0 Å². The van der Waals surface area contributed by atoms with Crippen LogP contribution in [0, 0.1) is 17.0 Å². The molecule has 0 spiro atoms. The highest BCUT2D eigenvalue weighted by atomic mass is 79.9. The SMILES string of the molecule is CC(=O)COc1c(C)cc(Br)cc1[N+](=O)[O-]. The molecule has 0 bridgehead atoms. The van der Waals surface area contributed by atoms with Crippen LogP contribution in [-0.4, -0.2) is 17.3 Å². The number of carbonyl (C=O) groups excluding carboxylic acids is 1. The highest BCUT2D eigenvalue weighted by Crippen LogP contribution is 2.33. The summed E-state index contributed by atoms with van der Waals surface area (Å²) in [6.45, 7) is 2.89. The van der Waals surface area contributed by atoms with Gasteiger partial charge >= 0.3 is 5.69 Å². The zero-order valence-electron chi connectivity index (χ0n) is 8.82. The molecule has 0 amide bonds. The fourth-order valence-corrected chi connectivity index (χ4v) is 1.77. The molecule has 0 atom stereocenters. The van der Waals surface area contributed by atoms with Crippen molar-refractivity contribution in [3.05, 3.63) is 32.3 Å². The third kappa shape index (κ3) is 3.03. The Morgan fingerprint density at radius 1 is 1.56 bits per heavy atom. The van der Waals surface area contributed by atoms with Crippen LogP contribution in [-0.2, 0) is 4.79 Å². The summed E-state index contributed by atoms with van der Waals surface area (Å²) in [7, 11) is 0. The van der Waals surface area contributed by atoms with Gasteiger partial charge in [0.05, 0.1) is 4.92 Å². The lowest BCUT2D eigenvalue weighted by atomic mass is 10.2. The number of aryl methyl sites for hydroxylation is 1. The van der Waals surface area contributed by atoms with Crippen molar-refractivity contribution in [2.45, 2.75) is 13.8 Å². The Morgan fingerprint density at radius 2 is 2.19 bits per heavy atom. The van der Waals surface area contributed by atoms with Crippen LogP contribution in [0.25, 0.3) is 0 Å². The van der Waals surface area contributed by atoms with Crippen molar-refractivity contribution >= 4 is 27.4 Å². The quantitative estimate of drug-likeness (QED) is 0.630. The number of Topliss-reactive ketones (excluding diaryl/α,β-unsaturated/α-hetero) is 1. The second-order valence-electron chi connectivity index (χ2n) is 3.32. The fourth-order valence-electron chi connectivity index (χ4n) is 1.21. The maximum atomic E-state index is 10.8. The number of ketones is 1. The van der Waals surface area contributed by atoms with Gasteiger partial charge < -0.3 is 4.74 Å². The summed E-state index contributed by atoms with van der Waals surface area (Å²) in [6, 6.07) is 3.05. The van der Waals surface area contributed by atoms with E-state index >= 15 is 0 Å². The first-order chi connectivity index (χ1) is 7.41. The second kappa shape index (κ2) is 5.07. The smallest absolute Gasteiger partial charge is 0.312 e. The van der Waals surface area contributed by atoms with Crippen LogP contribution < -0.4 is 4.74 Å². The Bertz CT molecular complexity index is 445. The Balaban J connectivity index is 3.14. The molecule has 0 aliphatic rings. The van der Waals surface area contributed by atoms with Crippen molar-refractivity contribution in [2.24, 2.45) is 0 Å². The van der Waals surface area contributed by atoms with E-state index in [0.29, 0.717) is 10.0 Å². The normalized spacial score (nSPS) is 9.94. The molecule has 0 saturated carbocycles. The van der Waals surface area contributed by atoms with Crippen molar-refractivity contribution in [3.63, 3.8) is 0 Å². The van der Waals surface area contributed by atoms with E-state index in [-0.39, 0.29) is 23.8 Å². The number of nitrogens with zero attached hydrogens (tertiary/aromatic N) is 1. The van der Waals surface area contributed by atoms with Crippen LogP contribution in [0.4, 0.5) is 5.69 Å². The van der Waals surface area contributed by atoms with Crippen molar-refractivity contribution in [3.8, 4) is 5.75 Å². The molecule has 0 heterocycles. The van der Waals surface area contributed by atoms with Crippen molar-refractivity contribution in [2.75, 3.05) is 6.61 Å². The molecule has 1 aromatic carbocycles. The largest absolute Gasteiger partial charge is 0.479 e. The number of halogens is 1. The average Bonchev–Trinajstić information content (AvgIpc) is 2.14. The molecule has 0 saturated heterocycles. The molecule has 0 N–H and O–H groups in total. The molecule has 0 radical (unpaired) electrons. The maximum Gasteiger partial charge on any atom is 0.312 e. The number of carbonyl (C=O) groups is 1. The third-order valence-corrected chi connectivity index (χ3v) is 2.29. The van der Waals surface area contributed by atoms with E-state index < -0.39 is 4.92 Å². The molecular formula is C10H10BrNO4. The molecule has 5 nitrogen and oxygen atoms in total. The minimum absolute atomic E-state index is 0.142. The molecule has 0 aliphatic heterocycles. The summed E-state index contributed by atoms with van der Waals surface area (Å²) in [5.74, 6) is -0.0417. The van der Waals surface area contributed by atoms with Crippen LogP contribution in [0.2, 0.25) is 0 Å². The van der Waals surface area contributed by atoms with Crippen molar-refractivity contribution in [1.29, 1.82) is 0 Å². The topological polar surface area (TPSA) is 69.4 Å². The first kappa shape index (κ1) is 12.6. The van der Waals surface area contributed by atoms with Crippen molar-refractivity contribution in [1.82, 2.24) is 0 Å². The number of benzene rings is 1. The van der Waals surface area contributed by atoms with Crippen LogP contribution in [0.3, 0.4) is 0 Å². The molecule has 6 heteroatoms. The van der Waals surface area contributed by atoms with Gasteiger partial charge in [-0.3, -0.25) is 14.9 Å². The van der Waals surface area contributed by atoms with E-state index in [1.165, 1.54) is 13.0 Å². The highest BCUT2D eigenvalue weighted by Gasteiger charge is 2.19. The van der Waals surface area contributed by atoms with Gasteiger partial charge in [-0.1, -0.05) is 15.9 Å². The van der Waals surface area contributed by atoms with E-state index in [2.05, 4.69) is 15.9 Å². The molecule has 0 fully saturated rings. The van der Waals surface area contributed by atoms with Crippen LogP contribution in [0.15, 0.2) is 16.6 Å². The first-order valence-electron chi connectivity index (χ1n) is 4.48. The summed E-state index contributed by atoms with van der Waals surface area (Å²) < 4.78 is 5.74. The monoisotopic (exact) mass is 287 g/mol. The van der Waals surface area contributed by atoms with Gasteiger partial charge in [0.2, 0.25) is 5.75 Å². The molecule has 0 unspecified atom stereocenters. The third-order valence-electron chi connectivity index (χ3n) is 1.84. The Kier molecular flexibility index (Phi) is 4.00. The molecule has 1 rings (SSSR count). The van der Waals surface area contributed by atoms with E-state index in [4.69, 9.17) is 4.74 Å². The van der Waals surface area contributed by atoms with Crippen molar-refractivity contribution < 1.29 is 14.5 Å². The second-order valence-corrected chi connectivity index (χ2v) is 4.23. The van der Waals surface area contributed by atoms with E-state index in [9.17, 15) is 14.9 Å². The molecule has 16 heavy (non-hydrogen) atoms.